The van der Waals surface area contributed by atoms with Crippen molar-refractivity contribution in [1.82, 2.24) is 0 Å². The zero-order valence-corrected chi connectivity index (χ0v) is 10.6. The number of rotatable bonds is 6. The summed E-state index contributed by atoms with van der Waals surface area (Å²) >= 11 is 0. The maximum Gasteiger partial charge on any atom is 0.139 e. The number of unbranched alkanes of at least 4 members (excludes halogenated alkanes) is 1. The molecule has 3 N–H and O–H groups in total. The lowest BCUT2D eigenvalue weighted by Crippen LogP contribution is -2.19. The first kappa shape index (κ1) is 13.4. The summed E-state index contributed by atoms with van der Waals surface area (Å²) in [5, 5.41) is 11.4. The largest absolute Gasteiger partial charge is 0.409 e. The number of aryl methyl sites for hydroxylation is 1. The summed E-state index contributed by atoms with van der Waals surface area (Å²) in [5.74, 6) is 0.308. The molecule has 0 heterocycles. The Morgan fingerprint density at radius 2 is 1.94 bits per heavy atom. The Hall–Kier alpha value is -1.71. The summed E-state index contributed by atoms with van der Waals surface area (Å²) in [7, 11) is 2.08. The maximum absolute atomic E-state index is 8.40. The number of anilines is 1. The summed E-state index contributed by atoms with van der Waals surface area (Å²) < 4.78 is 0. The Bertz CT molecular complexity index is 359. The third-order valence-electron chi connectivity index (χ3n) is 2.78. The smallest absolute Gasteiger partial charge is 0.139 e. The van der Waals surface area contributed by atoms with Crippen LogP contribution in [0.2, 0.25) is 0 Å². The van der Waals surface area contributed by atoms with Gasteiger partial charge in [-0.15, -0.1) is 0 Å². The van der Waals surface area contributed by atoms with Crippen LogP contribution in [0, 0.1) is 6.92 Å². The topological polar surface area (TPSA) is 61.8 Å². The summed E-state index contributed by atoms with van der Waals surface area (Å²) in [6.07, 6.45) is 2.62. The summed E-state index contributed by atoms with van der Waals surface area (Å²) in [6.45, 7) is 3.06. The van der Waals surface area contributed by atoms with Crippen LogP contribution in [0.15, 0.2) is 29.4 Å². The Balaban J connectivity index is 2.30. The van der Waals surface area contributed by atoms with Crippen molar-refractivity contribution in [3.05, 3.63) is 29.8 Å². The van der Waals surface area contributed by atoms with E-state index in [1.54, 1.807) is 0 Å². The van der Waals surface area contributed by atoms with E-state index in [0.29, 0.717) is 12.3 Å². The van der Waals surface area contributed by atoms with Gasteiger partial charge < -0.3 is 15.8 Å². The molecule has 0 radical (unpaired) electrons. The van der Waals surface area contributed by atoms with E-state index in [4.69, 9.17) is 10.9 Å². The van der Waals surface area contributed by atoms with Crippen molar-refractivity contribution < 1.29 is 5.21 Å². The average Bonchev–Trinajstić information content (AvgIpc) is 2.34. The second kappa shape index (κ2) is 6.78. The van der Waals surface area contributed by atoms with Crippen molar-refractivity contribution in [3.63, 3.8) is 0 Å². The van der Waals surface area contributed by atoms with E-state index in [9.17, 15) is 0 Å². The predicted molar refractivity (Wildman–Crippen MR) is 71.7 cm³/mol. The molecule has 0 amide bonds. The molecule has 0 atom stereocenters. The third-order valence-corrected chi connectivity index (χ3v) is 2.78. The van der Waals surface area contributed by atoms with Gasteiger partial charge in [0.05, 0.1) is 0 Å². The van der Waals surface area contributed by atoms with E-state index in [2.05, 4.69) is 48.3 Å². The van der Waals surface area contributed by atoms with E-state index < -0.39 is 0 Å². The molecule has 0 saturated carbocycles. The zero-order valence-electron chi connectivity index (χ0n) is 10.6. The molecule has 4 nitrogen and oxygen atoms in total. The van der Waals surface area contributed by atoms with Crippen LogP contribution in [0.3, 0.4) is 0 Å². The van der Waals surface area contributed by atoms with E-state index >= 15 is 0 Å². The molecule has 0 saturated heterocycles. The van der Waals surface area contributed by atoms with Gasteiger partial charge in [0.1, 0.15) is 5.84 Å². The molecular formula is C13H21N3O. The fraction of sp³-hybridized carbons (Fsp3) is 0.462. The molecule has 0 unspecified atom stereocenters. The van der Waals surface area contributed by atoms with Crippen molar-refractivity contribution in [2.24, 2.45) is 10.9 Å². The zero-order chi connectivity index (χ0) is 12.7. The van der Waals surface area contributed by atoms with Gasteiger partial charge >= 0.3 is 0 Å². The molecule has 4 heteroatoms. The summed E-state index contributed by atoms with van der Waals surface area (Å²) in [4.78, 5) is 2.21. The third kappa shape index (κ3) is 4.76. The molecule has 0 aliphatic carbocycles. The Morgan fingerprint density at radius 1 is 1.29 bits per heavy atom. The lowest BCUT2D eigenvalue weighted by Gasteiger charge is -2.19. The standard InChI is InChI=1S/C13H21N3O/c1-11-6-8-12(9-7-11)16(2)10-4-3-5-13(14)15-17/h6-9,17H,3-5,10H2,1-2H3,(H2,14,15). The highest BCUT2D eigenvalue weighted by atomic mass is 16.4. The summed E-state index contributed by atoms with van der Waals surface area (Å²) in [5.41, 5.74) is 7.90. The molecule has 0 aromatic heterocycles. The number of nitrogens with zero attached hydrogens (tertiary/aromatic N) is 2. The molecule has 0 fully saturated rings. The van der Waals surface area contributed by atoms with E-state index in [-0.39, 0.29) is 0 Å². The molecule has 0 aliphatic rings. The highest BCUT2D eigenvalue weighted by Gasteiger charge is 2.00. The lowest BCUT2D eigenvalue weighted by molar-refractivity contribution is 0.316. The number of benzene rings is 1. The summed E-state index contributed by atoms with van der Waals surface area (Å²) in [6, 6.07) is 8.47. The number of amidine groups is 1. The van der Waals surface area contributed by atoms with Gasteiger partial charge in [0.25, 0.3) is 0 Å². The number of oxime groups is 1. The van der Waals surface area contributed by atoms with Crippen molar-refractivity contribution in [1.29, 1.82) is 0 Å². The highest BCUT2D eigenvalue weighted by Crippen LogP contribution is 2.14. The number of nitrogens with two attached hydrogens (primary N) is 1. The minimum atomic E-state index is 0.308. The fourth-order valence-corrected chi connectivity index (χ4v) is 1.63. The van der Waals surface area contributed by atoms with Crippen molar-refractivity contribution in [3.8, 4) is 0 Å². The molecule has 1 rings (SSSR count). The quantitative estimate of drug-likeness (QED) is 0.261. The number of hydrogen-bond acceptors (Lipinski definition) is 3. The van der Waals surface area contributed by atoms with Crippen molar-refractivity contribution in [2.45, 2.75) is 26.2 Å². The molecule has 17 heavy (non-hydrogen) atoms. The Morgan fingerprint density at radius 3 is 2.53 bits per heavy atom. The van der Waals surface area contributed by atoms with E-state index in [0.717, 1.165) is 19.4 Å². The molecule has 0 aliphatic heterocycles. The molecule has 0 spiro atoms. The maximum atomic E-state index is 8.40. The first-order chi connectivity index (χ1) is 8.13. The first-order valence-electron chi connectivity index (χ1n) is 5.87. The minimum Gasteiger partial charge on any atom is -0.409 e. The van der Waals surface area contributed by atoms with Crippen molar-refractivity contribution >= 4 is 11.5 Å². The monoisotopic (exact) mass is 235 g/mol. The van der Waals surface area contributed by atoms with Gasteiger partial charge in [0.15, 0.2) is 0 Å². The SMILES string of the molecule is Cc1ccc(N(C)CCCCC(N)=NO)cc1. The van der Waals surface area contributed by atoms with Crippen LogP contribution in [0.25, 0.3) is 0 Å². The average molecular weight is 235 g/mol. The van der Waals surface area contributed by atoms with Gasteiger partial charge in [0.2, 0.25) is 0 Å². The Labute approximate surface area is 103 Å². The van der Waals surface area contributed by atoms with Gasteiger partial charge in [-0.1, -0.05) is 22.9 Å². The van der Waals surface area contributed by atoms with Crippen molar-refractivity contribution in [2.75, 3.05) is 18.5 Å². The minimum absolute atomic E-state index is 0.308. The predicted octanol–water partition coefficient (Wildman–Crippen LogP) is 2.35. The second-order valence-electron chi connectivity index (χ2n) is 4.31. The Kier molecular flexibility index (Phi) is 5.33. The van der Waals surface area contributed by atoms with Crippen LogP contribution in [-0.4, -0.2) is 24.6 Å². The molecule has 0 bridgehead atoms. The van der Waals surface area contributed by atoms with Gasteiger partial charge in [-0.25, -0.2) is 0 Å². The molecular weight excluding hydrogens is 214 g/mol. The van der Waals surface area contributed by atoms with Gasteiger partial charge in [-0.2, -0.15) is 0 Å². The van der Waals surface area contributed by atoms with Crippen LogP contribution in [-0.2, 0) is 0 Å². The fourth-order valence-electron chi connectivity index (χ4n) is 1.63. The normalized spacial score (nSPS) is 11.5. The van der Waals surface area contributed by atoms with Gasteiger partial charge in [-0.3, -0.25) is 0 Å². The van der Waals surface area contributed by atoms with E-state index in [1.807, 2.05) is 0 Å². The molecule has 1 aromatic carbocycles. The lowest BCUT2D eigenvalue weighted by atomic mass is 10.2. The van der Waals surface area contributed by atoms with E-state index in [1.165, 1.54) is 11.3 Å². The van der Waals surface area contributed by atoms with Gasteiger partial charge in [-0.05, 0) is 31.9 Å². The highest BCUT2D eigenvalue weighted by molar-refractivity contribution is 5.79. The number of hydrogen-bond donors (Lipinski definition) is 2. The van der Waals surface area contributed by atoms with Crippen LogP contribution in [0.5, 0.6) is 0 Å². The van der Waals surface area contributed by atoms with Crippen LogP contribution in [0.4, 0.5) is 5.69 Å². The van der Waals surface area contributed by atoms with Crippen LogP contribution in [0.1, 0.15) is 24.8 Å². The first-order valence-corrected chi connectivity index (χ1v) is 5.87. The molecule has 1 aromatic rings. The van der Waals surface area contributed by atoms with Crippen LogP contribution < -0.4 is 10.6 Å². The van der Waals surface area contributed by atoms with Gasteiger partial charge in [0, 0.05) is 25.7 Å². The molecule has 94 valence electrons. The van der Waals surface area contributed by atoms with Crippen LogP contribution >= 0.6 is 0 Å². The second-order valence-corrected chi connectivity index (χ2v) is 4.31.